The standard InChI is InChI=1S/C11H14N4O4/c1-15(9-5-19-4-8(9)10(16)17)11(18)14-7-2-12-6-13-3-7/h2-3,6,8-9H,4-5H2,1H3,(H,14,18)(H,16,17). The minimum Gasteiger partial charge on any atom is -0.481 e. The van der Waals surface area contributed by atoms with E-state index in [1.54, 1.807) is 0 Å². The van der Waals surface area contributed by atoms with Gasteiger partial charge in [-0.2, -0.15) is 0 Å². The number of carbonyl (C=O) groups is 2. The number of likely N-dealkylation sites (N-methyl/N-ethyl adjacent to an activating group) is 1. The lowest BCUT2D eigenvalue weighted by molar-refractivity contribution is -0.142. The van der Waals surface area contributed by atoms with Gasteiger partial charge in [0.2, 0.25) is 0 Å². The van der Waals surface area contributed by atoms with E-state index in [-0.39, 0.29) is 13.2 Å². The van der Waals surface area contributed by atoms with Crippen LogP contribution in [0.2, 0.25) is 0 Å². The Morgan fingerprint density at radius 1 is 1.42 bits per heavy atom. The first-order valence-corrected chi connectivity index (χ1v) is 5.69. The lowest BCUT2D eigenvalue weighted by Crippen LogP contribution is -2.45. The van der Waals surface area contributed by atoms with Crippen molar-refractivity contribution >= 4 is 17.7 Å². The molecular formula is C11H14N4O4. The molecule has 0 aromatic carbocycles. The van der Waals surface area contributed by atoms with Crippen LogP contribution >= 0.6 is 0 Å². The summed E-state index contributed by atoms with van der Waals surface area (Å²) in [5, 5.41) is 11.6. The largest absolute Gasteiger partial charge is 0.481 e. The average Bonchev–Trinajstić information content (AvgIpc) is 2.88. The molecular weight excluding hydrogens is 252 g/mol. The van der Waals surface area contributed by atoms with Gasteiger partial charge in [-0.25, -0.2) is 14.8 Å². The number of aromatic nitrogens is 2. The van der Waals surface area contributed by atoms with Gasteiger partial charge in [-0.05, 0) is 0 Å². The first kappa shape index (κ1) is 13.2. The Labute approximate surface area is 109 Å². The Morgan fingerprint density at radius 3 is 2.74 bits per heavy atom. The molecule has 0 bridgehead atoms. The van der Waals surface area contributed by atoms with Gasteiger partial charge in [-0.15, -0.1) is 0 Å². The molecule has 1 aliphatic rings. The highest BCUT2D eigenvalue weighted by atomic mass is 16.5. The maximum Gasteiger partial charge on any atom is 0.322 e. The lowest BCUT2D eigenvalue weighted by atomic mass is 10.0. The zero-order chi connectivity index (χ0) is 13.8. The molecule has 2 unspecified atom stereocenters. The first-order chi connectivity index (χ1) is 9.09. The predicted molar refractivity (Wildman–Crippen MR) is 64.5 cm³/mol. The quantitative estimate of drug-likeness (QED) is 0.800. The van der Waals surface area contributed by atoms with E-state index < -0.39 is 24.0 Å². The van der Waals surface area contributed by atoms with Gasteiger partial charge in [-0.1, -0.05) is 0 Å². The smallest absolute Gasteiger partial charge is 0.322 e. The second-order valence-corrected chi connectivity index (χ2v) is 4.22. The van der Waals surface area contributed by atoms with E-state index in [0.29, 0.717) is 5.69 Å². The van der Waals surface area contributed by atoms with Crippen molar-refractivity contribution in [2.45, 2.75) is 6.04 Å². The van der Waals surface area contributed by atoms with Crippen LogP contribution in [0.1, 0.15) is 0 Å². The average molecular weight is 266 g/mol. The number of hydrogen-bond acceptors (Lipinski definition) is 5. The van der Waals surface area contributed by atoms with Crippen molar-refractivity contribution in [3.8, 4) is 0 Å². The second-order valence-electron chi connectivity index (χ2n) is 4.22. The maximum atomic E-state index is 12.0. The molecule has 8 nitrogen and oxygen atoms in total. The third kappa shape index (κ3) is 2.97. The first-order valence-electron chi connectivity index (χ1n) is 5.69. The highest BCUT2D eigenvalue weighted by Crippen LogP contribution is 2.19. The van der Waals surface area contributed by atoms with E-state index in [2.05, 4.69) is 15.3 Å². The third-order valence-electron chi connectivity index (χ3n) is 3.00. The summed E-state index contributed by atoms with van der Waals surface area (Å²) in [5.74, 6) is -1.67. The Kier molecular flexibility index (Phi) is 3.91. The number of carboxylic acids is 1. The summed E-state index contributed by atoms with van der Waals surface area (Å²) in [4.78, 5) is 31.9. The molecule has 2 N–H and O–H groups in total. The van der Waals surface area contributed by atoms with E-state index in [1.165, 1.54) is 30.7 Å². The van der Waals surface area contributed by atoms with Crippen LogP contribution in [0.15, 0.2) is 18.7 Å². The minimum atomic E-state index is -0.967. The number of anilines is 1. The summed E-state index contributed by atoms with van der Waals surface area (Å²) in [6.45, 7) is 0.332. The van der Waals surface area contributed by atoms with Gasteiger partial charge < -0.3 is 20.1 Å². The highest BCUT2D eigenvalue weighted by molar-refractivity contribution is 5.89. The number of ether oxygens (including phenoxy) is 1. The zero-order valence-corrected chi connectivity index (χ0v) is 10.3. The van der Waals surface area contributed by atoms with Gasteiger partial charge in [0.1, 0.15) is 12.2 Å². The van der Waals surface area contributed by atoms with E-state index >= 15 is 0 Å². The molecule has 2 amide bonds. The van der Waals surface area contributed by atoms with Crippen LogP contribution in [0, 0.1) is 5.92 Å². The topological polar surface area (TPSA) is 105 Å². The molecule has 102 valence electrons. The van der Waals surface area contributed by atoms with Crippen molar-refractivity contribution in [3.63, 3.8) is 0 Å². The fourth-order valence-corrected chi connectivity index (χ4v) is 1.89. The van der Waals surface area contributed by atoms with Gasteiger partial charge in [0, 0.05) is 7.05 Å². The molecule has 2 atom stereocenters. The molecule has 8 heteroatoms. The monoisotopic (exact) mass is 266 g/mol. The number of carboxylic acid groups (broad SMARTS) is 1. The van der Waals surface area contributed by atoms with Gasteiger partial charge in [0.15, 0.2) is 0 Å². The van der Waals surface area contributed by atoms with Crippen molar-refractivity contribution in [1.29, 1.82) is 0 Å². The fraction of sp³-hybridized carbons (Fsp3) is 0.455. The van der Waals surface area contributed by atoms with Gasteiger partial charge in [0.25, 0.3) is 0 Å². The summed E-state index contributed by atoms with van der Waals surface area (Å²) in [6.07, 6.45) is 4.27. The van der Waals surface area contributed by atoms with Crippen LogP contribution in [0.3, 0.4) is 0 Å². The molecule has 0 spiro atoms. The second kappa shape index (κ2) is 5.61. The van der Waals surface area contributed by atoms with Gasteiger partial charge in [-0.3, -0.25) is 4.79 Å². The van der Waals surface area contributed by atoms with E-state index in [1.807, 2.05) is 0 Å². The van der Waals surface area contributed by atoms with Gasteiger partial charge in [0.05, 0.1) is 37.3 Å². The molecule has 0 radical (unpaired) electrons. The van der Waals surface area contributed by atoms with Crippen molar-refractivity contribution < 1.29 is 19.4 Å². The molecule has 1 aliphatic heterocycles. The molecule has 1 aromatic rings. The van der Waals surface area contributed by atoms with Gasteiger partial charge >= 0.3 is 12.0 Å². The molecule has 0 saturated carbocycles. The number of amides is 2. The van der Waals surface area contributed by atoms with Crippen LogP contribution in [0.25, 0.3) is 0 Å². The number of nitrogens with one attached hydrogen (secondary N) is 1. The maximum absolute atomic E-state index is 12.0. The summed E-state index contributed by atoms with van der Waals surface area (Å²) in [6, 6.07) is -0.904. The van der Waals surface area contributed by atoms with E-state index in [9.17, 15) is 9.59 Å². The number of urea groups is 1. The van der Waals surface area contributed by atoms with Crippen molar-refractivity contribution in [1.82, 2.24) is 14.9 Å². The number of hydrogen-bond donors (Lipinski definition) is 2. The van der Waals surface area contributed by atoms with Crippen LogP contribution in [0.4, 0.5) is 10.5 Å². The van der Waals surface area contributed by atoms with Crippen LogP contribution in [-0.4, -0.2) is 58.3 Å². The Morgan fingerprint density at radius 2 is 2.11 bits per heavy atom. The molecule has 1 saturated heterocycles. The van der Waals surface area contributed by atoms with E-state index in [0.717, 1.165) is 0 Å². The van der Waals surface area contributed by atoms with Crippen LogP contribution < -0.4 is 5.32 Å². The molecule has 1 aromatic heterocycles. The molecule has 2 heterocycles. The predicted octanol–water partition coefficient (Wildman–Crippen LogP) is 0.0399. The molecule has 0 aliphatic carbocycles. The molecule has 2 rings (SSSR count). The number of rotatable bonds is 3. The fourth-order valence-electron chi connectivity index (χ4n) is 1.89. The SMILES string of the molecule is CN(C(=O)Nc1cncnc1)C1COCC1C(=O)O. The van der Waals surface area contributed by atoms with Crippen LogP contribution in [0.5, 0.6) is 0 Å². The number of nitrogens with zero attached hydrogens (tertiary/aromatic N) is 3. The lowest BCUT2D eigenvalue weighted by Gasteiger charge is -2.26. The van der Waals surface area contributed by atoms with Crippen molar-refractivity contribution in [2.24, 2.45) is 5.92 Å². The van der Waals surface area contributed by atoms with E-state index in [4.69, 9.17) is 9.84 Å². The number of carbonyl (C=O) groups excluding carboxylic acids is 1. The summed E-state index contributed by atoms with van der Waals surface area (Å²) in [7, 11) is 1.54. The van der Waals surface area contributed by atoms with Crippen LogP contribution in [-0.2, 0) is 9.53 Å². The Balaban J connectivity index is 2.01. The summed E-state index contributed by atoms with van der Waals surface area (Å²) >= 11 is 0. The summed E-state index contributed by atoms with van der Waals surface area (Å²) < 4.78 is 5.13. The Hall–Kier alpha value is -2.22. The van der Waals surface area contributed by atoms with Crippen molar-refractivity contribution in [3.05, 3.63) is 18.7 Å². The normalized spacial score (nSPS) is 21.9. The Bertz CT molecular complexity index is 467. The van der Waals surface area contributed by atoms with Crippen molar-refractivity contribution in [2.75, 3.05) is 25.6 Å². The summed E-state index contributed by atoms with van der Waals surface area (Å²) in [5.41, 5.74) is 0.449. The third-order valence-corrected chi connectivity index (χ3v) is 3.00. The molecule has 1 fully saturated rings. The molecule has 19 heavy (non-hydrogen) atoms. The number of aliphatic carboxylic acids is 1. The zero-order valence-electron chi connectivity index (χ0n) is 10.3. The highest BCUT2D eigenvalue weighted by Gasteiger charge is 2.38. The minimum absolute atomic E-state index is 0.117.